The van der Waals surface area contributed by atoms with Crippen LogP contribution in [0.25, 0.3) is 0 Å². The third-order valence-corrected chi connectivity index (χ3v) is 5.44. The van der Waals surface area contributed by atoms with Crippen molar-refractivity contribution >= 4 is 34.0 Å². The van der Waals surface area contributed by atoms with Gasteiger partial charge in [-0.15, -0.1) is 0 Å². The van der Waals surface area contributed by atoms with Crippen molar-refractivity contribution in [2.75, 3.05) is 4.90 Å². The summed E-state index contributed by atoms with van der Waals surface area (Å²) >= 11 is 2.33. The first kappa shape index (κ1) is 17.5. The molecular weight excluding hydrogens is 435 g/mol. The van der Waals surface area contributed by atoms with Crippen molar-refractivity contribution in [3.05, 3.63) is 93.6 Å². The molecule has 0 aliphatic carbocycles. The Labute approximate surface area is 167 Å². The predicted molar refractivity (Wildman–Crippen MR) is 115 cm³/mol. The van der Waals surface area contributed by atoms with E-state index >= 15 is 0 Å². The van der Waals surface area contributed by atoms with Gasteiger partial charge >= 0.3 is 0 Å². The van der Waals surface area contributed by atoms with E-state index in [0.29, 0.717) is 6.54 Å². The Bertz CT molecular complexity index is 899. The molecular formula is C21H21IN4. The number of para-hydroxylation sites is 1. The zero-order valence-corrected chi connectivity index (χ0v) is 16.5. The highest BCUT2D eigenvalue weighted by Gasteiger charge is 2.35. The Morgan fingerprint density at radius 3 is 2.35 bits per heavy atom. The van der Waals surface area contributed by atoms with Gasteiger partial charge in [-0.1, -0.05) is 54.6 Å². The quantitative estimate of drug-likeness (QED) is 0.582. The van der Waals surface area contributed by atoms with Crippen molar-refractivity contribution in [2.24, 2.45) is 11.5 Å². The second-order valence-corrected chi connectivity index (χ2v) is 7.67. The van der Waals surface area contributed by atoms with Crippen LogP contribution in [0.4, 0.5) is 11.4 Å². The van der Waals surface area contributed by atoms with Crippen LogP contribution in [0.2, 0.25) is 0 Å². The number of anilines is 2. The van der Waals surface area contributed by atoms with Crippen molar-refractivity contribution in [2.45, 2.75) is 19.0 Å². The summed E-state index contributed by atoms with van der Waals surface area (Å²) in [6.45, 7) is 0.692. The van der Waals surface area contributed by atoms with E-state index in [4.69, 9.17) is 11.5 Å². The monoisotopic (exact) mass is 456 g/mol. The first-order chi connectivity index (χ1) is 12.6. The fraction of sp³-hybridized carbons (Fsp3) is 0.143. The van der Waals surface area contributed by atoms with E-state index in [0.717, 1.165) is 16.9 Å². The van der Waals surface area contributed by atoms with Crippen molar-refractivity contribution < 1.29 is 0 Å². The largest absolute Gasteiger partial charge is 0.312 e. The van der Waals surface area contributed by atoms with E-state index in [1.165, 1.54) is 9.13 Å². The lowest BCUT2D eigenvalue weighted by molar-refractivity contribution is 0.121. The standard InChI is InChI=1S/C21H21IN4/c22-16-9-6-10-17(13-16)26-19-12-5-4-11-18(19)20(23)25(21(26)24)14-15-7-2-1-3-8-15/h1-13,20-21H,14,23-24H2. The van der Waals surface area contributed by atoms with E-state index in [-0.39, 0.29) is 12.5 Å². The second-order valence-electron chi connectivity index (χ2n) is 6.43. The molecule has 132 valence electrons. The van der Waals surface area contributed by atoms with Gasteiger partial charge in [-0.25, -0.2) is 4.90 Å². The maximum absolute atomic E-state index is 6.73. The molecule has 1 heterocycles. The molecule has 0 saturated heterocycles. The molecule has 0 saturated carbocycles. The summed E-state index contributed by atoms with van der Waals surface area (Å²) in [6.07, 6.45) is -0.598. The molecule has 1 aliphatic heterocycles. The van der Waals surface area contributed by atoms with E-state index in [9.17, 15) is 0 Å². The minimum absolute atomic E-state index is 0.250. The van der Waals surface area contributed by atoms with Crippen LogP contribution in [0.3, 0.4) is 0 Å². The van der Waals surface area contributed by atoms with Gasteiger partial charge in [-0.3, -0.25) is 5.73 Å². The summed E-state index contributed by atoms with van der Waals surface area (Å²) in [5.74, 6) is 0. The molecule has 4 nitrogen and oxygen atoms in total. The number of fused-ring (bicyclic) bond motifs is 1. The van der Waals surface area contributed by atoms with E-state index < -0.39 is 0 Å². The normalized spacial score (nSPS) is 20.0. The van der Waals surface area contributed by atoms with Crippen molar-refractivity contribution in [1.29, 1.82) is 0 Å². The molecule has 0 bridgehead atoms. The average Bonchev–Trinajstić information content (AvgIpc) is 2.66. The minimum Gasteiger partial charge on any atom is -0.312 e. The number of rotatable bonds is 3. The highest BCUT2D eigenvalue weighted by atomic mass is 127. The molecule has 0 amide bonds. The molecule has 2 atom stereocenters. The lowest BCUT2D eigenvalue weighted by Gasteiger charge is -2.47. The fourth-order valence-electron chi connectivity index (χ4n) is 3.49. The smallest absolute Gasteiger partial charge is 0.141 e. The summed E-state index contributed by atoms with van der Waals surface area (Å²) in [5.41, 5.74) is 17.8. The SMILES string of the molecule is NC1c2ccccc2N(c2cccc(I)c2)C(N)N1Cc1ccccc1. The Kier molecular flexibility index (Phi) is 4.95. The van der Waals surface area contributed by atoms with Gasteiger partial charge in [0.15, 0.2) is 0 Å². The number of hydrogen-bond acceptors (Lipinski definition) is 4. The second kappa shape index (κ2) is 7.36. The summed E-state index contributed by atoms with van der Waals surface area (Å²) in [5, 5.41) is 0. The number of benzene rings is 3. The molecule has 4 rings (SSSR count). The average molecular weight is 456 g/mol. The maximum Gasteiger partial charge on any atom is 0.141 e. The van der Waals surface area contributed by atoms with Crippen LogP contribution < -0.4 is 16.4 Å². The van der Waals surface area contributed by atoms with Crippen molar-refractivity contribution in [3.8, 4) is 0 Å². The first-order valence-electron chi connectivity index (χ1n) is 8.60. The molecule has 3 aromatic carbocycles. The molecule has 0 fully saturated rings. The van der Waals surface area contributed by atoms with Crippen LogP contribution in [-0.2, 0) is 6.54 Å². The topological polar surface area (TPSA) is 58.5 Å². The highest BCUT2D eigenvalue weighted by molar-refractivity contribution is 14.1. The summed E-state index contributed by atoms with van der Waals surface area (Å²) in [6, 6.07) is 26.9. The summed E-state index contributed by atoms with van der Waals surface area (Å²) in [7, 11) is 0. The summed E-state index contributed by atoms with van der Waals surface area (Å²) < 4.78 is 1.18. The maximum atomic E-state index is 6.73. The third kappa shape index (κ3) is 3.23. The van der Waals surface area contributed by atoms with Crippen LogP contribution in [0.15, 0.2) is 78.9 Å². The van der Waals surface area contributed by atoms with Crippen LogP contribution in [-0.4, -0.2) is 11.2 Å². The van der Waals surface area contributed by atoms with Gasteiger partial charge in [0, 0.05) is 27.1 Å². The lowest BCUT2D eigenvalue weighted by Crippen LogP contribution is -2.58. The zero-order valence-electron chi connectivity index (χ0n) is 14.3. The Morgan fingerprint density at radius 2 is 1.58 bits per heavy atom. The van der Waals surface area contributed by atoms with E-state index in [2.05, 4.69) is 80.9 Å². The Balaban J connectivity index is 1.79. The van der Waals surface area contributed by atoms with Crippen LogP contribution in [0.5, 0.6) is 0 Å². The van der Waals surface area contributed by atoms with Gasteiger partial charge in [-0.2, -0.15) is 0 Å². The van der Waals surface area contributed by atoms with Crippen LogP contribution in [0, 0.1) is 3.57 Å². The van der Waals surface area contributed by atoms with Gasteiger partial charge in [0.2, 0.25) is 0 Å². The third-order valence-electron chi connectivity index (χ3n) is 4.77. The molecule has 26 heavy (non-hydrogen) atoms. The first-order valence-corrected chi connectivity index (χ1v) is 9.67. The molecule has 4 N–H and O–H groups in total. The molecule has 1 aliphatic rings. The van der Waals surface area contributed by atoms with Crippen LogP contribution >= 0.6 is 22.6 Å². The minimum atomic E-state index is -0.349. The number of nitrogens with zero attached hydrogens (tertiary/aromatic N) is 2. The Hall–Kier alpha value is -1.93. The van der Waals surface area contributed by atoms with Gasteiger partial charge in [0.25, 0.3) is 0 Å². The fourth-order valence-corrected chi connectivity index (χ4v) is 4.02. The van der Waals surface area contributed by atoms with Gasteiger partial charge in [-0.05, 0) is 52.4 Å². The number of hydrogen-bond donors (Lipinski definition) is 2. The molecule has 0 aromatic heterocycles. The van der Waals surface area contributed by atoms with E-state index in [1.54, 1.807) is 0 Å². The van der Waals surface area contributed by atoms with E-state index in [1.807, 2.05) is 30.3 Å². The number of nitrogens with two attached hydrogens (primary N) is 2. The van der Waals surface area contributed by atoms with Crippen LogP contribution in [0.1, 0.15) is 17.3 Å². The van der Waals surface area contributed by atoms with Gasteiger partial charge < -0.3 is 10.6 Å². The number of halogens is 1. The van der Waals surface area contributed by atoms with Crippen molar-refractivity contribution in [3.63, 3.8) is 0 Å². The summed E-state index contributed by atoms with van der Waals surface area (Å²) in [4.78, 5) is 4.31. The Morgan fingerprint density at radius 1 is 0.846 bits per heavy atom. The molecule has 5 heteroatoms. The lowest BCUT2D eigenvalue weighted by atomic mass is 10.0. The molecule has 0 radical (unpaired) electrons. The molecule has 3 aromatic rings. The highest BCUT2D eigenvalue weighted by Crippen LogP contribution is 2.40. The zero-order chi connectivity index (χ0) is 18.1. The molecule has 0 spiro atoms. The van der Waals surface area contributed by atoms with Crippen molar-refractivity contribution in [1.82, 2.24) is 4.90 Å². The van der Waals surface area contributed by atoms with Gasteiger partial charge in [0.05, 0.1) is 6.17 Å². The predicted octanol–water partition coefficient (Wildman–Crippen LogP) is 4.14. The molecule has 2 unspecified atom stereocenters. The van der Waals surface area contributed by atoms with Gasteiger partial charge in [0.1, 0.15) is 6.29 Å².